The van der Waals surface area contributed by atoms with E-state index in [9.17, 15) is 4.79 Å². The summed E-state index contributed by atoms with van der Waals surface area (Å²) < 4.78 is 5.21. The van der Waals surface area contributed by atoms with Crippen molar-refractivity contribution in [3.8, 4) is 5.75 Å². The molecule has 0 fully saturated rings. The van der Waals surface area contributed by atoms with Crippen LogP contribution >= 0.6 is 0 Å². The lowest BCUT2D eigenvalue weighted by atomic mass is 10.2. The van der Waals surface area contributed by atoms with Crippen LogP contribution in [0.2, 0.25) is 0 Å². The Kier molecular flexibility index (Phi) is 1.18. The minimum atomic E-state index is -0.361. The molecule has 1 aliphatic heterocycles. The Labute approximate surface area is 64.0 Å². The number of hydrogen-bond donors (Lipinski definition) is 0. The Morgan fingerprint density at radius 2 is 2.45 bits per heavy atom. The monoisotopic (exact) mass is 149 g/mol. The van der Waals surface area contributed by atoms with Gasteiger partial charge in [0.1, 0.15) is 5.75 Å². The Bertz CT molecular complexity index is 309. The molecule has 1 unspecified atom stereocenters. The summed E-state index contributed by atoms with van der Waals surface area (Å²) in [5, 5.41) is 0. The molecule has 0 bridgehead atoms. The molecule has 1 aliphatic rings. The maximum absolute atomic E-state index is 11.2. The van der Waals surface area contributed by atoms with Crippen LogP contribution in [0.15, 0.2) is 18.3 Å². The lowest BCUT2D eigenvalue weighted by molar-refractivity contribution is 0.0876. The zero-order valence-corrected chi connectivity index (χ0v) is 6.07. The first-order chi connectivity index (χ1) is 5.29. The van der Waals surface area contributed by atoms with Crippen molar-refractivity contribution in [2.24, 2.45) is 0 Å². The molecule has 11 heavy (non-hydrogen) atoms. The Morgan fingerprint density at radius 3 is 3.18 bits per heavy atom. The van der Waals surface area contributed by atoms with Gasteiger partial charge < -0.3 is 4.74 Å². The topological polar surface area (TPSA) is 39.2 Å². The smallest absolute Gasteiger partial charge is 0.225 e. The molecule has 3 nitrogen and oxygen atoms in total. The van der Waals surface area contributed by atoms with Crippen molar-refractivity contribution in [2.75, 3.05) is 0 Å². The van der Waals surface area contributed by atoms with Crippen LogP contribution < -0.4 is 4.74 Å². The zero-order chi connectivity index (χ0) is 7.84. The summed E-state index contributed by atoms with van der Waals surface area (Å²) in [6.07, 6.45) is 1.23. The molecule has 1 aromatic heterocycles. The maximum atomic E-state index is 11.2. The van der Waals surface area contributed by atoms with E-state index in [1.165, 1.54) is 0 Å². The molecule has 0 saturated carbocycles. The molecule has 0 saturated heterocycles. The minimum Gasteiger partial charge on any atom is -0.480 e. The molecule has 1 aromatic rings. The highest BCUT2D eigenvalue weighted by Gasteiger charge is 2.29. The number of rotatable bonds is 0. The number of aromatic nitrogens is 1. The fourth-order valence-electron chi connectivity index (χ4n) is 1.11. The number of carbonyl (C=O) groups excluding carboxylic acids is 1. The molecule has 0 N–H and O–H groups in total. The molecule has 0 aromatic carbocycles. The van der Waals surface area contributed by atoms with Crippen molar-refractivity contribution >= 4 is 5.78 Å². The van der Waals surface area contributed by atoms with Gasteiger partial charge in [0.15, 0.2) is 11.8 Å². The number of fused-ring (bicyclic) bond motifs is 1. The molecule has 2 heterocycles. The van der Waals surface area contributed by atoms with Gasteiger partial charge in [0.05, 0.1) is 0 Å². The van der Waals surface area contributed by atoms with E-state index in [-0.39, 0.29) is 11.9 Å². The highest BCUT2D eigenvalue weighted by Crippen LogP contribution is 2.25. The van der Waals surface area contributed by atoms with Gasteiger partial charge >= 0.3 is 0 Å². The molecular formula is C8H7NO2. The van der Waals surface area contributed by atoms with Crippen molar-refractivity contribution < 1.29 is 9.53 Å². The number of hydrogen-bond acceptors (Lipinski definition) is 3. The third-order valence-electron chi connectivity index (χ3n) is 1.68. The SMILES string of the molecule is CC1Oc2cccnc2C1=O. The van der Waals surface area contributed by atoms with Gasteiger partial charge in [-0.3, -0.25) is 4.79 Å². The third kappa shape index (κ3) is 0.808. The van der Waals surface area contributed by atoms with Gasteiger partial charge in [-0.2, -0.15) is 0 Å². The molecular weight excluding hydrogens is 142 g/mol. The first kappa shape index (κ1) is 6.34. The standard InChI is InChI=1S/C8H7NO2/c1-5-8(10)7-6(11-5)3-2-4-9-7/h2-5H,1H3. The summed E-state index contributed by atoms with van der Waals surface area (Å²) in [7, 11) is 0. The van der Waals surface area contributed by atoms with Gasteiger partial charge in [0.2, 0.25) is 5.78 Å². The molecule has 56 valence electrons. The van der Waals surface area contributed by atoms with Crippen molar-refractivity contribution in [2.45, 2.75) is 13.0 Å². The lowest BCUT2D eigenvalue weighted by Crippen LogP contribution is -2.15. The van der Waals surface area contributed by atoms with E-state index >= 15 is 0 Å². The Balaban J connectivity index is 2.55. The van der Waals surface area contributed by atoms with Crippen LogP contribution in [0.1, 0.15) is 17.4 Å². The average molecular weight is 149 g/mol. The molecule has 2 rings (SSSR count). The zero-order valence-electron chi connectivity index (χ0n) is 6.07. The summed E-state index contributed by atoms with van der Waals surface area (Å²) in [6.45, 7) is 1.73. The molecule has 3 heteroatoms. The molecule has 0 amide bonds. The molecule has 1 atom stereocenters. The number of ketones is 1. The van der Waals surface area contributed by atoms with Gasteiger partial charge in [0, 0.05) is 6.20 Å². The van der Waals surface area contributed by atoms with Gasteiger partial charge in [-0.15, -0.1) is 0 Å². The highest BCUT2D eigenvalue weighted by molar-refractivity contribution is 6.02. The third-order valence-corrected chi connectivity index (χ3v) is 1.68. The van der Waals surface area contributed by atoms with Crippen molar-refractivity contribution in [3.63, 3.8) is 0 Å². The fourth-order valence-corrected chi connectivity index (χ4v) is 1.11. The number of carbonyl (C=O) groups is 1. The summed E-state index contributed by atoms with van der Waals surface area (Å²) in [6, 6.07) is 3.51. The van der Waals surface area contributed by atoms with Crippen LogP contribution in [-0.2, 0) is 0 Å². The van der Waals surface area contributed by atoms with E-state index in [4.69, 9.17) is 4.74 Å². The van der Waals surface area contributed by atoms with Crippen molar-refractivity contribution in [1.82, 2.24) is 4.98 Å². The van der Waals surface area contributed by atoms with Gasteiger partial charge in [-0.05, 0) is 19.1 Å². The van der Waals surface area contributed by atoms with Crippen LogP contribution in [0.4, 0.5) is 0 Å². The van der Waals surface area contributed by atoms with Crippen molar-refractivity contribution in [1.29, 1.82) is 0 Å². The Morgan fingerprint density at radius 1 is 1.64 bits per heavy atom. The molecule has 0 spiro atoms. The molecule has 0 radical (unpaired) electrons. The maximum Gasteiger partial charge on any atom is 0.225 e. The van der Waals surface area contributed by atoms with E-state index in [0.717, 1.165) is 0 Å². The fraction of sp³-hybridized carbons (Fsp3) is 0.250. The van der Waals surface area contributed by atoms with Crippen LogP contribution in [-0.4, -0.2) is 16.9 Å². The summed E-state index contributed by atoms with van der Waals surface area (Å²) >= 11 is 0. The van der Waals surface area contributed by atoms with Crippen LogP contribution in [0.5, 0.6) is 5.75 Å². The minimum absolute atomic E-state index is 0.0272. The largest absolute Gasteiger partial charge is 0.480 e. The van der Waals surface area contributed by atoms with Crippen molar-refractivity contribution in [3.05, 3.63) is 24.0 Å². The molecule has 0 aliphatic carbocycles. The second kappa shape index (κ2) is 2.05. The van der Waals surface area contributed by atoms with Gasteiger partial charge in [-0.25, -0.2) is 4.98 Å². The first-order valence-electron chi connectivity index (χ1n) is 3.45. The van der Waals surface area contributed by atoms with Gasteiger partial charge in [-0.1, -0.05) is 0 Å². The average Bonchev–Trinajstić information content (AvgIpc) is 2.30. The van der Waals surface area contributed by atoms with E-state index in [0.29, 0.717) is 11.4 Å². The predicted molar refractivity (Wildman–Crippen MR) is 38.7 cm³/mol. The quantitative estimate of drug-likeness (QED) is 0.553. The highest BCUT2D eigenvalue weighted by atomic mass is 16.5. The summed E-state index contributed by atoms with van der Waals surface area (Å²) in [5.74, 6) is 0.575. The number of ether oxygens (including phenoxy) is 1. The van der Waals surface area contributed by atoms with E-state index in [2.05, 4.69) is 4.98 Å². The lowest BCUT2D eigenvalue weighted by Gasteiger charge is -1.98. The van der Waals surface area contributed by atoms with Crippen LogP contribution in [0, 0.1) is 0 Å². The van der Waals surface area contributed by atoms with E-state index < -0.39 is 0 Å². The van der Waals surface area contributed by atoms with Crippen LogP contribution in [0.3, 0.4) is 0 Å². The second-order valence-corrected chi connectivity index (χ2v) is 2.47. The number of pyridine rings is 1. The second-order valence-electron chi connectivity index (χ2n) is 2.47. The number of nitrogens with zero attached hydrogens (tertiary/aromatic N) is 1. The van der Waals surface area contributed by atoms with Gasteiger partial charge in [0.25, 0.3) is 0 Å². The van der Waals surface area contributed by atoms with E-state index in [1.54, 1.807) is 25.3 Å². The first-order valence-corrected chi connectivity index (χ1v) is 3.45. The van der Waals surface area contributed by atoms with E-state index in [1.807, 2.05) is 0 Å². The van der Waals surface area contributed by atoms with Crippen LogP contribution in [0.25, 0.3) is 0 Å². The normalized spacial score (nSPS) is 21.2. The summed E-state index contributed by atoms with van der Waals surface area (Å²) in [5.41, 5.74) is 0.458. The number of Topliss-reactive ketones (excluding diaryl/α,β-unsaturated/α-hetero) is 1. The predicted octanol–water partition coefficient (Wildman–Crippen LogP) is 1.05. The summed E-state index contributed by atoms with van der Waals surface area (Å²) in [4.78, 5) is 15.1. The Hall–Kier alpha value is -1.38.